The summed E-state index contributed by atoms with van der Waals surface area (Å²) in [4.78, 5) is 14.6. The number of aromatic amines is 1. The average molecular weight is 236 g/mol. The Hall–Kier alpha value is -2.38. The van der Waals surface area contributed by atoms with Gasteiger partial charge in [-0.1, -0.05) is 6.92 Å². The Morgan fingerprint density at radius 2 is 2.47 bits per heavy atom. The molecule has 0 radical (unpaired) electrons. The van der Waals surface area contributed by atoms with Crippen molar-refractivity contribution in [3.63, 3.8) is 0 Å². The van der Waals surface area contributed by atoms with Crippen LogP contribution in [0.25, 0.3) is 0 Å². The molecule has 0 atom stereocenters. The maximum Gasteiger partial charge on any atom is 0.325 e. The first-order chi connectivity index (χ1) is 8.17. The lowest BCUT2D eigenvalue weighted by Crippen LogP contribution is -2.08. The van der Waals surface area contributed by atoms with Crippen molar-refractivity contribution in [2.75, 3.05) is 5.32 Å². The number of aromatic nitrogens is 5. The van der Waals surface area contributed by atoms with E-state index in [-0.39, 0.29) is 6.54 Å². The van der Waals surface area contributed by atoms with Crippen LogP contribution in [0, 0.1) is 0 Å². The van der Waals surface area contributed by atoms with Crippen molar-refractivity contribution < 1.29 is 9.90 Å². The van der Waals surface area contributed by atoms with Crippen molar-refractivity contribution in [3.8, 4) is 0 Å². The minimum absolute atomic E-state index is 0.171. The van der Waals surface area contributed by atoms with Gasteiger partial charge in [0.25, 0.3) is 0 Å². The quantitative estimate of drug-likeness (QED) is 0.693. The molecule has 8 nitrogen and oxygen atoms in total. The van der Waals surface area contributed by atoms with Crippen molar-refractivity contribution in [2.45, 2.75) is 19.9 Å². The summed E-state index contributed by atoms with van der Waals surface area (Å²) in [6.45, 7) is 1.80. The van der Waals surface area contributed by atoms with Crippen LogP contribution in [0.2, 0.25) is 0 Å². The number of carboxylic acids is 1. The van der Waals surface area contributed by atoms with Crippen LogP contribution in [0.3, 0.4) is 0 Å². The van der Waals surface area contributed by atoms with E-state index in [0.717, 1.165) is 12.2 Å². The molecule has 0 aliphatic rings. The van der Waals surface area contributed by atoms with Crippen LogP contribution in [-0.4, -0.2) is 36.0 Å². The SMILES string of the molecule is CCc1nc(Nc2cnn(CC(=O)O)c2)n[nH]1. The van der Waals surface area contributed by atoms with Gasteiger partial charge in [-0.15, -0.1) is 5.10 Å². The second-order valence-corrected chi connectivity index (χ2v) is 3.40. The predicted octanol–water partition coefficient (Wildman–Crippen LogP) is 0.392. The standard InChI is InChI=1S/C9H12N6O2/c1-2-7-12-9(14-13-7)11-6-3-10-15(4-6)5-8(16)17/h3-4H,2,5H2,1H3,(H,16,17)(H2,11,12,13,14). The van der Waals surface area contributed by atoms with E-state index in [4.69, 9.17) is 5.11 Å². The molecule has 0 saturated heterocycles. The summed E-state index contributed by atoms with van der Waals surface area (Å²) in [6.07, 6.45) is 3.87. The summed E-state index contributed by atoms with van der Waals surface area (Å²) in [5.74, 6) is 0.285. The third-order valence-electron chi connectivity index (χ3n) is 2.05. The van der Waals surface area contributed by atoms with Crippen LogP contribution in [0.4, 0.5) is 11.6 Å². The third kappa shape index (κ3) is 2.80. The molecular weight excluding hydrogens is 224 g/mol. The highest BCUT2D eigenvalue weighted by molar-refractivity contribution is 5.66. The predicted molar refractivity (Wildman–Crippen MR) is 58.9 cm³/mol. The maximum atomic E-state index is 10.5. The Bertz CT molecular complexity index is 517. The van der Waals surface area contributed by atoms with Crippen LogP contribution < -0.4 is 5.32 Å². The van der Waals surface area contributed by atoms with Gasteiger partial charge in [-0.25, -0.2) is 0 Å². The first kappa shape index (κ1) is 11.1. The number of nitrogens with zero attached hydrogens (tertiary/aromatic N) is 4. The fourth-order valence-electron chi connectivity index (χ4n) is 1.29. The molecule has 2 heterocycles. The molecule has 2 aromatic rings. The number of nitrogens with one attached hydrogen (secondary N) is 2. The highest BCUT2D eigenvalue weighted by Crippen LogP contribution is 2.11. The molecule has 0 aromatic carbocycles. The lowest BCUT2D eigenvalue weighted by molar-refractivity contribution is -0.137. The molecule has 2 rings (SSSR count). The van der Waals surface area contributed by atoms with E-state index in [2.05, 4.69) is 25.6 Å². The molecule has 0 spiro atoms. The molecular formula is C9H12N6O2. The Balaban J connectivity index is 2.03. The average Bonchev–Trinajstić information content (AvgIpc) is 2.88. The monoisotopic (exact) mass is 236 g/mol. The topological polar surface area (TPSA) is 109 Å². The number of carboxylic acid groups (broad SMARTS) is 1. The highest BCUT2D eigenvalue weighted by Gasteiger charge is 2.05. The van der Waals surface area contributed by atoms with Crippen molar-refractivity contribution in [3.05, 3.63) is 18.2 Å². The van der Waals surface area contributed by atoms with Gasteiger partial charge in [-0.3, -0.25) is 14.6 Å². The number of hydrogen-bond donors (Lipinski definition) is 3. The molecule has 0 unspecified atom stereocenters. The van der Waals surface area contributed by atoms with E-state index in [1.54, 1.807) is 6.20 Å². The van der Waals surface area contributed by atoms with E-state index < -0.39 is 5.97 Å². The molecule has 0 fully saturated rings. The Morgan fingerprint density at radius 3 is 3.12 bits per heavy atom. The molecule has 90 valence electrons. The van der Waals surface area contributed by atoms with Gasteiger partial charge in [-0.2, -0.15) is 10.1 Å². The Labute approximate surface area is 96.7 Å². The largest absolute Gasteiger partial charge is 0.480 e. The lowest BCUT2D eigenvalue weighted by atomic mass is 10.5. The molecule has 0 aliphatic heterocycles. The zero-order valence-corrected chi connectivity index (χ0v) is 9.21. The molecule has 0 saturated carbocycles. The summed E-state index contributed by atoms with van der Waals surface area (Å²) in [6, 6.07) is 0. The summed E-state index contributed by atoms with van der Waals surface area (Å²) in [5.41, 5.74) is 0.646. The number of anilines is 2. The summed E-state index contributed by atoms with van der Waals surface area (Å²) < 4.78 is 1.32. The van der Waals surface area contributed by atoms with Crippen LogP contribution in [-0.2, 0) is 17.8 Å². The van der Waals surface area contributed by atoms with Crippen LogP contribution in [0.15, 0.2) is 12.4 Å². The molecule has 8 heteroatoms. The lowest BCUT2D eigenvalue weighted by Gasteiger charge is -1.95. The summed E-state index contributed by atoms with van der Waals surface area (Å²) >= 11 is 0. The van der Waals surface area contributed by atoms with Gasteiger partial charge in [-0.05, 0) is 0 Å². The van der Waals surface area contributed by atoms with Crippen molar-refractivity contribution in [2.24, 2.45) is 0 Å². The summed E-state index contributed by atoms with van der Waals surface area (Å²) in [5, 5.41) is 22.1. The number of H-pyrrole nitrogens is 1. The molecule has 0 aliphatic carbocycles. The molecule has 2 aromatic heterocycles. The van der Waals surface area contributed by atoms with E-state index in [9.17, 15) is 4.79 Å². The van der Waals surface area contributed by atoms with Crippen LogP contribution in [0.1, 0.15) is 12.7 Å². The van der Waals surface area contributed by atoms with Gasteiger partial charge in [0.15, 0.2) is 0 Å². The van der Waals surface area contributed by atoms with Crippen molar-refractivity contribution in [1.82, 2.24) is 25.0 Å². The number of hydrogen-bond acceptors (Lipinski definition) is 5. The Kier molecular flexibility index (Phi) is 3.03. The van der Waals surface area contributed by atoms with Crippen LogP contribution in [0.5, 0.6) is 0 Å². The molecule has 17 heavy (non-hydrogen) atoms. The second-order valence-electron chi connectivity index (χ2n) is 3.40. The number of aryl methyl sites for hydroxylation is 1. The minimum Gasteiger partial charge on any atom is -0.480 e. The number of aliphatic carboxylic acids is 1. The van der Waals surface area contributed by atoms with Gasteiger partial charge < -0.3 is 10.4 Å². The first-order valence-corrected chi connectivity index (χ1v) is 5.10. The van der Waals surface area contributed by atoms with E-state index in [0.29, 0.717) is 11.6 Å². The molecule has 3 N–H and O–H groups in total. The maximum absolute atomic E-state index is 10.5. The second kappa shape index (κ2) is 4.64. The molecule has 0 amide bonds. The normalized spacial score (nSPS) is 10.4. The number of rotatable bonds is 5. The number of carbonyl (C=O) groups is 1. The minimum atomic E-state index is -0.939. The van der Waals surface area contributed by atoms with E-state index >= 15 is 0 Å². The zero-order chi connectivity index (χ0) is 12.3. The zero-order valence-electron chi connectivity index (χ0n) is 9.21. The van der Waals surface area contributed by atoms with Crippen LogP contribution >= 0.6 is 0 Å². The van der Waals surface area contributed by atoms with Gasteiger partial charge in [0, 0.05) is 12.6 Å². The van der Waals surface area contributed by atoms with Crippen molar-refractivity contribution in [1.29, 1.82) is 0 Å². The Morgan fingerprint density at radius 1 is 1.65 bits per heavy atom. The van der Waals surface area contributed by atoms with E-state index in [1.807, 2.05) is 6.92 Å². The van der Waals surface area contributed by atoms with Gasteiger partial charge in [0.05, 0.1) is 11.9 Å². The van der Waals surface area contributed by atoms with Gasteiger partial charge >= 0.3 is 5.97 Å². The fourth-order valence-corrected chi connectivity index (χ4v) is 1.29. The molecule has 0 bridgehead atoms. The summed E-state index contributed by atoms with van der Waals surface area (Å²) in [7, 11) is 0. The van der Waals surface area contributed by atoms with E-state index in [1.165, 1.54) is 10.9 Å². The third-order valence-corrected chi connectivity index (χ3v) is 2.05. The first-order valence-electron chi connectivity index (χ1n) is 5.10. The van der Waals surface area contributed by atoms with Gasteiger partial charge in [0.1, 0.15) is 12.4 Å². The van der Waals surface area contributed by atoms with Crippen molar-refractivity contribution >= 4 is 17.6 Å². The van der Waals surface area contributed by atoms with Gasteiger partial charge in [0.2, 0.25) is 5.95 Å². The smallest absolute Gasteiger partial charge is 0.325 e. The fraction of sp³-hybridized carbons (Fsp3) is 0.333. The highest BCUT2D eigenvalue weighted by atomic mass is 16.4.